The van der Waals surface area contributed by atoms with Crippen LogP contribution in [0.3, 0.4) is 0 Å². The van der Waals surface area contributed by atoms with Gasteiger partial charge in [0.1, 0.15) is 5.84 Å². The largest absolute Gasteiger partial charge is 0.385 e. The Labute approximate surface area is 77.5 Å². The molecular formula is C10H13N3. The Kier molecular flexibility index (Phi) is 1.93. The van der Waals surface area contributed by atoms with Crippen LogP contribution in [0.1, 0.15) is 17.5 Å². The maximum absolute atomic E-state index is 7.31. The van der Waals surface area contributed by atoms with Gasteiger partial charge in [-0.25, -0.2) is 0 Å². The van der Waals surface area contributed by atoms with E-state index >= 15 is 0 Å². The number of anilines is 1. The number of rotatable bonds is 1. The molecule has 2 rings (SSSR count). The van der Waals surface area contributed by atoms with Crippen LogP contribution in [0.2, 0.25) is 0 Å². The summed E-state index contributed by atoms with van der Waals surface area (Å²) in [5.41, 5.74) is 8.70. The van der Waals surface area contributed by atoms with Crippen LogP contribution in [0.5, 0.6) is 0 Å². The van der Waals surface area contributed by atoms with E-state index in [9.17, 15) is 0 Å². The summed E-state index contributed by atoms with van der Waals surface area (Å²) in [5.74, 6) is 0.147. The van der Waals surface area contributed by atoms with E-state index in [-0.39, 0.29) is 5.84 Å². The molecule has 0 fully saturated rings. The minimum Gasteiger partial charge on any atom is -0.385 e. The van der Waals surface area contributed by atoms with Crippen molar-refractivity contribution in [3.8, 4) is 0 Å². The molecule has 0 atom stereocenters. The molecule has 1 aliphatic heterocycles. The molecule has 3 nitrogen and oxygen atoms in total. The van der Waals surface area contributed by atoms with E-state index in [1.54, 1.807) is 0 Å². The topological polar surface area (TPSA) is 61.9 Å². The summed E-state index contributed by atoms with van der Waals surface area (Å²) in [6.07, 6.45) is 2.25. The predicted octanol–water partition coefficient (Wildman–Crippen LogP) is 1.33. The second kappa shape index (κ2) is 3.09. The molecule has 4 N–H and O–H groups in total. The number of aryl methyl sites for hydroxylation is 1. The first-order valence-corrected chi connectivity index (χ1v) is 4.48. The molecule has 0 saturated heterocycles. The fraction of sp³-hybridized carbons (Fsp3) is 0.300. The van der Waals surface area contributed by atoms with Gasteiger partial charge in [0.15, 0.2) is 0 Å². The highest BCUT2D eigenvalue weighted by molar-refractivity contribution is 5.95. The van der Waals surface area contributed by atoms with Crippen LogP contribution >= 0.6 is 0 Å². The van der Waals surface area contributed by atoms with Crippen molar-refractivity contribution in [1.29, 1.82) is 5.41 Å². The molecule has 0 aliphatic carbocycles. The molecule has 13 heavy (non-hydrogen) atoms. The molecule has 0 radical (unpaired) electrons. The summed E-state index contributed by atoms with van der Waals surface area (Å²) in [6.45, 7) is 1.05. The van der Waals surface area contributed by atoms with Crippen molar-refractivity contribution in [1.82, 2.24) is 0 Å². The fourth-order valence-corrected chi connectivity index (χ4v) is 1.64. The zero-order valence-electron chi connectivity index (χ0n) is 7.43. The van der Waals surface area contributed by atoms with Crippen LogP contribution in [-0.4, -0.2) is 12.4 Å². The smallest absolute Gasteiger partial charge is 0.122 e. The Morgan fingerprint density at radius 3 is 3.08 bits per heavy atom. The molecule has 0 bridgehead atoms. The average molecular weight is 175 g/mol. The second-order valence-corrected chi connectivity index (χ2v) is 3.32. The Bertz CT molecular complexity index is 344. The van der Waals surface area contributed by atoms with Crippen LogP contribution in [0.15, 0.2) is 18.2 Å². The van der Waals surface area contributed by atoms with Crippen LogP contribution in [0.4, 0.5) is 5.69 Å². The van der Waals surface area contributed by atoms with Crippen molar-refractivity contribution in [3.05, 3.63) is 29.3 Å². The average Bonchev–Trinajstić information content (AvgIpc) is 2.17. The van der Waals surface area contributed by atoms with Crippen LogP contribution in [0, 0.1) is 5.41 Å². The number of hydrogen-bond acceptors (Lipinski definition) is 2. The number of benzene rings is 1. The van der Waals surface area contributed by atoms with Crippen LogP contribution < -0.4 is 11.1 Å². The van der Waals surface area contributed by atoms with E-state index in [4.69, 9.17) is 11.1 Å². The summed E-state index contributed by atoms with van der Waals surface area (Å²) >= 11 is 0. The van der Waals surface area contributed by atoms with Crippen molar-refractivity contribution in [2.24, 2.45) is 5.73 Å². The quantitative estimate of drug-likeness (QED) is 0.445. The molecule has 3 heteroatoms. The van der Waals surface area contributed by atoms with Gasteiger partial charge in [-0.15, -0.1) is 0 Å². The number of fused-ring (bicyclic) bond motifs is 1. The number of nitrogens with one attached hydrogen (secondary N) is 2. The van der Waals surface area contributed by atoms with Crippen molar-refractivity contribution in [3.63, 3.8) is 0 Å². The zero-order valence-corrected chi connectivity index (χ0v) is 7.43. The zero-order chi connectivity index (χ0) is 9.26. The Morgan fingerprint density at radius 2 is 2.31 bits per heavy atom. The highest BCUT2D eigenvalue weighted by Gasteiger charge is 2.08. The lowest BCUT2D eigenvalue weighted by Gasteiger charge is -2.18. The van der Waals surface area contributed by atoms with Crippen LogP contribution in [-0.2, 0) is 6.42 Å². The third-order valence-corrected chi connectivity index (χ3v) is 2.35. The SMILES string of the molecule is N=C(N)c1ccc2c(c1)CCCN2. The van der Waals surface area contributed by atoms with Crippen molar-refractivity contribution >= 4 is 11.5 Å². The highest BCUT2D eigenvalue weighted by Crippen LogP contribution is 2.22. The summed E-state index contributed by atoms with van der Waals surface area (Å²) in [5, 5.41) is 10.6. The van der Waals surface area contributed by atoms with E-state index in [0.717, 1.165) is 24.9 Å². The first-order chi connectivity index (χ1) is 6.27. The molecule has 0 amide bonds. The van der Waals surface area contributed by atoms with Crippen molar-refractivity contribution in [2.45, 2.75) is 12.8 Å². The third kappa shape index (κ3) is 1.49. The van der Waals surface area contributed by atoms with Gasteiger partial charge >= 0.3 is 0 Å². The van der Waals surface area contributed by atoms with Gasteiger partial charge in [0.2, 0.25) is 0 Å². The first kappa shape index (κ1) is 8.10. The number of hydrogen-bond donors (Lipinski definition) is 3. The van der Waals surface area contributed by atoms with Gasteiger partial charge in [0, 0.05) is 17.8 Å². The Balaban J connectivity index is 2.40. The third-order valence-electron chi connectivity index (χ3n) is 2.35. The molecule has 0 spiro atoms. The lowest BCUT2D eigenvalue weighted by Crippen LogP contribution is -2.15. The van der Waals surface area contributed by atoms with Gasteiger partial charge in [-0.2, -0.15) is 0 Å². The lowest BCUT2D eigenvalue weighted by atomic mass is 10.0. The van der Waals surface area contributed by atoms with E-state index in [1.165, 1.54) is 11.3 Å². The van der Waals surface area contributed by atoms with Gasteiger partial charge < -0.3 is 11.1 Å². The van der Waals surface area contributed by atoms with E-state index in [1.807, 2.05) is 18.2 Å². The summed E-state index contributed by atoms with van der Waals surface area (Å²) in [7, 11) is 0. The molecule has 0 aromatic heterocycles. The number of nitrogens with two attached hydrogens (primary N) is 1. The van der Waals surface area contributed by atoms with Gasteiger partial charge in [0.25, 0.3) is 0 Å². The van der Waals surface area contributed by atoms with Gasteiger partial charge in [-0.1, -0.05) is 0 Å². The molecule has 1 aromatic carbocycles. The minimum atomic E-state index is 0.147. The summed E-state index contributed by atoms with van der Waals surface area (Å²) < 4.78 is 0. The molecule has 1 aliphatic rings. The van der Waals surface area contributed by atoms with Gasteiger partial charge in [-0.3, -0.25) is 5.41 Å². The number of amidine groups is 1. The summed E-state index contributed by atoms with van der Waals surface area (Å²) in [6, 6.07) is 5.90. The summed E-state index contributed by atoms with van der Waals surface area (Å²) in [4.78, 5) is 0. The normalized spacial score (nSPS) is 14.5. The molecular weight excluding hydrogens is 162 g/mol. The van der Waals surface area contributed by atoms with E-state index in [0.29, 0.717) is 0 Å². The molecule has 1 aromatic rings. The van der Waals surface area contributed by atoms with Crippen LogP contribution in [0.25, 0.3) is 0 Å². The maximum Gasteiger partial charge on any atom is 0.122 e. The molecule has 0 saturated carbocycles. The number of nitrogen functional groups attached to an aromatic ring is 1. The second-order valence-electron chi connectivity index (χ2n) is 3.32. The van der Waals surface area contributed by atoms with E-state index in [2.05, 4.69) is 5.32 Å². The standard InChI is InChI=1S/C10H13N3/c11-10(12)8-3-4-9-7(6-8)2-1-5-13-9/h3-4,6,13H,1-2,5H2,(H3,11,12). The van der Waals surface area contributed by atoms with Gasteiger partial charge in [-0.05, 0) is 36.6 Å². The monoisotopic (exact) mass is 175 g/mol. The molecule has 0 unspecified atom stereocenters. The van der Waals surface area contributed by atoms with Crippen molar-refractivity contribution in [2.75, 3.05) is 11.9 Å². The Hall–Kier alpha value is -1.51. The minimum absolute atomic E-state index is 0.147. The predicted molar refractivity (Wildman–Crippen MR) is 54.3 cm³/mol. The first-order valence-electron chi connectivity index (χ1n) is 4.48. The Morgan fingerprint density at radius 1 is 1.46 bits per heavy atom. The van der Waals surface area contributed by atoms with Gasteiger partial charge in [0.05, 0.1) is 0 Å². The van der Waals surface area contributed by atoms with E-state index < -0.39 is 0 Å². The maximum atomic E-state index is 7.31. The lowest BCUT2D eigenvalue weighted by molar-refractivity contribution is 0.830. The fourth-order valence-electron chi connectivity index (χ4n) is 1.64. The highest BCUT2D eigenvalue weighted by atomic mass is 14.9. The molecule has 68 valence electrons. The van der Waals surface area contributed by atoms with Crippen molar-refractivity contribution < 1.29 is 0 Å². The molecule has 1 heterocycles.